The van der Waals surface area contributed by atoms with Crippen molar-refractivity contribution in [2.75, 3.05) is 13.2 Å². The molecule has 2 nitrogen and oxygen atoms in total. The second-order valence-corrected chi connectivity index (χ2v) is 9.50. The zero-order valence-electron chi connectivity index (χ0n) is 15.8. The molecule has 0 radical (unpaired) electrons. The van der Waals surface area contributed by atoms with Gasteiger partial charge >= 0.3 is 8.56 Å². The Hall–Kier alpha value is -2.46. The van der Waals surface area contributed by atoms with E-state index in [0.717, 1.165) is 5.19 Å². The summed E-state index contributed by atoms with van der Waals surface area (Å²) < 4.78 is 13.0. The second-order valence-electron chi connectivity index (χ2n) is 6.57. The standard InChI is InChI=1S/C24H24O2Si/c1-3-25-27(26-4-2,22-14-6-5-7-15-22)24-16-10-13-21-17-19-11-8-9-12-20(19)18-23(21)24/h5-18H,3-4H2,1-2H3. The maximum absolute atomic E-state index is 6.48. The van der Waals surface area contributed by atoms with Crippen LogP contribution in [0.2, 0.25) is 0 Å². The zero-order valence-corrected chi connectivity index (χ0v) is 16.8. The molecule has 0 spiro atoms. The largest absolute Gasteiger partial charge is 0.407 e. The van der Waals surface area contributed by atoms with Crippen LogP contribution < -0.4 is 10.4 Å². The van der Waals surface area contributed by atoms with Crippen LogP contribution in [0.3, 0.4) is 0 Å². The predicted octanol–water partition coefficient (Wildman–Crippen LogP) is 4.62. The third-order valence-corrected chi connectivity index (χ3v) is 8.58. The first-order chi connectivity index (χ1) is 13.3. The lowest BCUT2D eigenvalue weighted by Gasteiger charge is -2.31. The van der Waals surface area contributed by atoms with Crippen molar-refractivity contribution in [2.45, 2.75) is 13.8 Å². The first-order valence-corrected chi connectivity index (χ1v) is 11.4. The molecule has 0 amide bonds. The minimum absolute atomic E-state index is 0.616. The normalized spacial score (nSPS) is 11.9. The summed E-state index contributed by atoms with van der Waals surface area (Å²) >= 11 is 0. The highest BCUT2D eigenvalue weighted by atomic mass is 28.4. The molecule has 0 aliphatic carbocycles. The van der Waals surface area contributed by atoms with E-state index in [0.29, 0.717) is 13.2 Å². The SMILES string of the molecule is CCO[Si](OCC)(c1ccccc1)c1cccc2cc3ccccc3cc12. The van der Waals surface area contributed by atoms with Gasteiger partial charge in [-0.25, -0.2) is 0 Å². The molecule has 136 valence electrons. The van der Waals surface area contributed by atoms with Gasteiger partial charge in [-0.15, -0.1) is 0 Å². The topological polar surface area (TPSA) is 18.5 Å². The zero-order chi connectivity index (χ0) is 18.7. The molecule has 0 atom stereocenters. The Morgan fingerprint density at radius 1 is 0.630 bits per heavy atom. The van der Waals surface area contributed by atoms with Crippen molar-refractivity contribution >= 4 is 40.5 Å². The molecule has 0 saturated carbocycles. The molecule has 4 aromatic rings. The minimum Gasteiger partial charge on any atom is -0.388 e. The fourth-order valence-corrected chi connectivity index (χ4v) is 7.21. The maximum Gasteiger partial charge on any atom is 0.407 e. The van der Waals surface area contributed by atoms with Crippen molar-refractivity contribution in [3.63, 3.8) is 0 Å². The van der Waals surface area contributed by atoms with Crippen LogP contribution in [0.4, 0.5) is 0 Å². The highest BCUT2D eigenvalue weighted by molar-refractivity contribution is 6.94. The van der Waals surface area contributed by atoms with Crippen LogP contribution >= 0.6 is 0 Å². The molecule has 0 fully saturated rings. The third kappa shape index (κ3) is 3.19. The number of hydrogen-bond acceptors (Lipinski definition) is 2. The molecular formula is C24H24O2Si. The van der Waals surface area contributed by atoms with Crippen molar-refractivity contribution < 1.29 is 8.85 Å². The quantitative estimate of drug-likeness (QED) is 0.363. The summed E-state index contributed by atoms with van der Waals surface area (Å²) in [7, 11) is -2.80. The van der Waals surface area contributed by atoms with E-state index < -0.39 is 8.56 Å². The number of rotatable bonds is 6. The van der Waals surface area contributed by atoms with Crippen molar-refractivity contribution in [3.05, 3.63) is 84.9 Å². The first-order valence-electron chi connectivity index (χ1n) is 9.54. The van der Waals surface area contributed by atoms with Gasteiger partial charge < -0.3 is 8.85 Å². The molecule has 0 N–H and O–H groups in total. The lowest BCUT2D eigenvalue weighted by molar-refractivity contribution is 0.209. The molecule has 0 aliphatic rings. The van der Waals surface area contributed by atoms with Gasteiger partial charge in [-0.2, -0.15) is 0 Å². The van der Waals surface area contributed by atoms with Crippen LogP contribution in [-0.4, -0.2) is 21.8 Å². The summed E-state index contributed by atoms with van der Waals surface area (Å²) in [4.78, 5) is 0. The average molecular weight is 373 g/mol. The monoisotopic (exact) mass is 372 g/mol. The van der Waals surface area contributed by atoms with Crippen LogP contribution in [0, 0.1) is 0 Å². The van der Waals surface area contributed by atoms with Gasteiger partial charge in [-0.3, -0.25) is 0 Å². The fourth-order valence-electron chi connectivity index (χ4n) is 3.84. The minimum atomic E-state index is -2.80. The van der Waals surface area contributed by atoms with E-state index in [4.69, 9.17) is 8.85 Å². The van der Waals surface area contributed by atoms with Gasteiger partial charge in [0.2, 0.25) is 0 Å². The Kier molecular flexibility index (Phi) is 5.08. The van der Waals surface area contributed by atoms with Crippen molar-refractivity contribution in [1.82, 2.24) is 0 Å². The van der Waals surface area contributed by atoms with E-state index in [9.17, 15) is 0 Å². The Balaban J connectivity index is 2.04. The molecule has 3 heteroatoms. The summed E-state index contributed by atoms with van der Waals surface area (Å²) in [5.74, 6) is 0. The van der Waals surface area contributed by atoms with Crippen molar-refractivity contribution in [2.24, 2.45) is 0 Å². The number of benzene rings is 4. The van der Waals surface area contributed by atoms with Crippen LogP contribution in [0.5, 0.6) is 0 Å². The summed E-state index contributed by atoms with van der Waals surface area (Å²) in [6.07, 6.45) is 0. The van der Waals surface area contributed by atoms with Crippen LogP contribution in [0.15, 0.2) is 84.9 Å². The average Bonchev–Trinajstić information content (AvgIpc) is 2.72. The van der Waals surface area contributed by atoms with Gasteiger partial charge in [-0.1, -0.05) is 72.8 Å². The summed E-state index contributed by atoms with van der Waals surface area (Å²) in [6.45, 7) is 5.32. The summed E-state index contributed by atoms with van der Waals surface area (Å²) in [6, 6.07) is 30.0. The molecular weight excluding hydrogens is 348 g/mol. The summed E-state index contributed by atoms with van der Waals surface area (Å²) in [5, 5.41) is 7.25. The molecule has 4 rings (SSSR count). The second kappa shape index (κ2) is 7.65. The van der Waals surface area contributed by atoms with E-state index in [1.165, 1.54) is 26.7 Å². The molecule has 0 saturated heterocycles. The van der Waals surface area contributed by atoms with E-state index >= 15 is 0 Å². The Morgan fingerprint density at radius 2 is 1.22 bits per heavy atom. The van der Waals surface area contributed by atoms with E-state index in [2.05, 4.69) is 78.9 Å². The third-order valence-electron chi connectivity index (χ3n) is 4.95. The maximum atomic E-state index is 6.48. The smallest absolute Gasteiger partial charge is 0.388 e. The van der Waals surface area contributed by atoms with Crippen LogP contribution in [0.25, 0.3) is 21.5 Å². The van der Waals surface area contributed by atoms with Crippen molar-refractivity contribution in [1.29, 1.82) is 0 Å². The lowest BCUT2D eigenvalue weighted by Crippen LogP contribution is -2.63. The van der Waals surface area contributed by atoms with Crippen LogP contribution in [-0.2, 0) is 8.85 Å². The number of fused-ring (bicyclic) bond motifs is 2. The Labute approximate surface area is 161 Å². The first kappa shape index (κ1) is 17.9. The molecule has 4 aromatic carbocycles. The van der Waals surface area contributed by atoms with Gasteiger partial charge in [0.15, 0.2) is 0 Å². The molecule has 0 heterocycles. The Bertz CT molecular complexity index is 1050. The molecule has 0 bridgehead atoms. The predicted molar refractivity (Wildman–Crippen MR) is 116 cm³/mol. The Morgan fingerprint density at radius 3 is 1.89 bits per heavy atom. The van der Waals surface area contributed by atoms with Gasteiger partial charge in [0.1, 0.15) is 0 Å². The molecule has 0 aromatic heterocycles. The van der Waals surface area contributed by atoms with Gasteiger partial charge in [-0.05, 0) is 52.7 Å². The van der Waals surface area contributed by atoms with E-state index in [1.807, 2.05) is 19.9 Å². The highest BCUT2D eigenvalue weighted by Crippen LogP contribution is 2.24. The highest BCUT2D eigenvalue weighted by Gasteiger charge is 2.43. The van der Waals surface area contributed by atoms with Gasteiger partial charge in [0.25, 0.3) is 0 Å². The van der Waals surface area contributed by atoms with E-state index in [-0.39, 0.29) is 0 Å². The molecule has 27 heavy (non-hydrogen) atoms. The fraction of sp³-hybridized carbons (Fsp3) is 0.167. The van der Waals surface area contributed by atoms with Gasteiger partial charge in [0, 0.05) is 18.4 Å². The van der Waals surface area contributed by atoms with Gasteiger partial charge in [0.05, 0.1) is 0 Å². The number of hydrogen-bond donors (Lipinski definition) is 0. The van der Waals surface area contributed by atoms with Crippen molar-refractivity contribution in [3.8, 4) is 0 Å². The lowest BCUT2D eigenvalue weighted by atomic mass is 10.0. The molecule has 0 unspecified atom stereocenters. The molecule has 0 aliphatic heterocycles. The van der Waals surface area contributed by atoms with Crippen LogP contribution in [0.1, 0.15) is 13.8 Å². The summed E-state index contributed by atoms with van der Waals surface area (Å²) in [5.41, 5.74) is 0. The van der Waals surface area contributed by atoms with E-state index in [1.54, 1.807) is 0 Å².